The van der Waals surface area contributed by atoms with Crippen LogP contribution in [0.5, 0.6) is 0 Å². The second-order valence-electron chi connectivity index (χ2n) is 3.13. The van der Waals surface area contributed by atoms with Gasteiger partial charge < -0.3 is 4.74 Å². The van der Waals surface area contributed by atoms with E-state index in [1.165, 1.54) is 6.08 Å². The monoisotopic (exact) mass is 188 g/mol. The van der Waals surface area contributed by atoms with Crippen LogP contribution in [-0.2, 0) is 14.3 Å². The lowest BCUT2D eigenvalue weighted by Crippen LogP contribution is -2.05. The number of ether oxygens (including phenoxy) is 1. The van der Waals surface area contributed by atoms with Crippen molar-refractivity contribution in [2.45, 2.75) is 6.92 Å². The van der Waals surface area contributed by atoms with Gasteiger partial charge in [0.1, 0.15) is 5.76 Å². The smallest absolute Gasteiger partial charge is 0.384 e. The zero-order chi connectivity index (χ0) is 10.1. The fourth-order valence-corrected chi connectivity index (χ4v) is 1.30. The third-order valence-electron chi connectivity index (χ3n) is 1.97. The lowest BCUT2D eigenvalue weighted by atomic mass is 10.1. The fourth-order valence-electron chi connectivity index (χ4n) is 1.30. The largest absolute Gasteiger partial charge is 0.420 e. The SMILES string of the molecule is Cc1cccc(C2=CC(=O)C(=O)O2)c1. The molecule has 3 heteroatoms. The topological polar surface area (TPSA) is 43.4 Å². The zero-order valence-electron chi connectivity index (χ0n) is 7.61. The summed E-state index contributed by atoms with van der Waals surface area (Å²) in [4.78, 5) is 21.7. The van der Waals surface area contributed by atoms with E-state index < -0.39 is 11.8 Å². The Hall–Kier alpha value is -1.90. The Labute approximate surface area is 81.0 Å². The molecule has 70 valence electrons. The summed E-state index contributed by atoms with van der Waals surface area (Å²) in [5.74, 6) is -1.06. The van der Waals surface area contributed by atoms with Crippen LogP contribution in [0.1, 0.15) is 11.1 Å². The molecule has 2 rings (SSSR count). The van der Waals surface area contributed by atoms with Crippen LogP contribution >= 0.6 is 0 Å². The number of aryl methyl sites for hydroxylation is 1. The Balaban J connectivity index is 2.38. The van der Waals surface area contributed by atoms with Gasteiger partial charge in [-0.05, 0) is 13.0 Å². The summed E-state index contributed by atoms with van der Waals surface area (Å²) < 4.78 is 4.79. The van der Waals surface area contributed by atoms with Gasteiger partial charge in [0.25, 0.3) is 5.78 Å². The van der Waals surface area contributed by atoms with E-state index in [1.807, 2.05) is 25.1 Å². The molecule has 1 heterocycles. The van der Waals surface area contributed by atoms with E-state index >= 15 is 0 Å². The Morgan fingerprint density at radius 3 is 2.57 bits per heavy atom. The third kappa shape index (κ3) is 1.44. The lowest BCUT2D eigenvalue weighted by Gasteiger charge is -2.01. The first-order valence-corrected chi connectivity index (χ1v) is 4.22. The molecule has 1 aliphatic heterocycles. The number of hydrogen-bond acceptors (Lipinski definition) is 3. The van der Waals surface area contributed by atoms with Crippen molar-refractivity contribution in [2.24, 2.45) is 0 Å². The van der Waals surface area contributed by atoms with E-state index in [2.05, 4.69) is 0 Å². The number of cyclic esters (lactones) is 1. The van der Waals surface area contributed by atoms with Gasteiger partial charge in [0.2, 0.25) is 0 Å². The normalized spacial score (nSPS) is 15.4. The minimum Gasteiger partial charge on any atom is -0.420 e. The van der Waals surface area contributed by atoms with Crippen molar-refractivity contribution < 1.29 is 14.3 Å². The molecule has 1 aliphatic rings. The summed E-state index contributed by atoms with van der Waals surface area (Å²) >= 11 is 0. The highest BCUT2D eigenvalue weighted by Crippen LogP contribution is 2.21. The molecule has 0 amide bonds. The summed E-state index contributed by atoms with van der Waals surface area (Å²) in [5.41, 5.74) is 1.81. The number of carbonyl (C=O) groups excluding carboxylic acids is 2. The number of carbonyl (C=O) groups is 2. The summed E-state index contributed by atoms with van der Waals surface area (Å²) in [5, 5.41) is 0. The second kappa shape index (κ2) is 3.10. The Morgan fingerprint density at radius 1 is 1.21 bits per heavy atom. The molecular formula is C11H8O3. The van der Waals surface area contributed by atoms with Gasteiger partial charge in [-0.3, -0.25) is 4.79 Å². The molecule has 0 saturated carbocycles. The van der Waals surface area contributed by atoms with Gasteiger partial charge in [0.05, 0.1) is 0 Å². The fraction of sp³-hybridized carbons (Fsp3) is 0.0909. The van der Waals surface area contributed by atoms with Crippen molar-refractivity contribution in [1.29, 1.82) is 0 Å². The van der Waals surface area contributed by atoms with Crippen LogP contribution < -0.4 is 0 Å². The van der Waals surface area contributed by atoms with Crippen LogP contribution in [0, 0.1) is 6.92 Å². The van der Waals surface area contributed by atoms with Crippen LogP contribution in [-0.4, -0.2) is 11.8 Å². The molecule has 0 aromatic heterocycles. The van der Waals surface area contributed by atoms with Gasteiger partial charge in [-0.25, -0.2) is 4.79 Å². The predicted octanol–water partition coefficient (Wildman–Crippen LogP) is 1.46. The average Bonchev–Trinajstić information content (AvgIpc) is 2.47. The molecule has 1 aromatic carbocycles. The van der Waals surface area contributed by atoms with E-state index in [0.29, 0.717) is 5.76 Å². The molecular weight excluding hydrogens is 180 g/mol. The molecule has 0 radical (unpaired) electrons. The first-order chi connectivity index (χ1) is 6.66. The van der Waals surface area contributed by atoms with Gasteiger partial charge in [-0.2, -0.15) is 0 Å². The molecule has 0 atom stereocenters. The van der Waals surface area contributed by atoms with E-state index in [9.17, 15) is 9.59 Å². The first kappa shape index (κ1) is 8.69. The molecule has 0 N–H and O–H groups in total. The van der Waals surface area contributed by atoms with E-state index in [4.69, 9.17) is 4.74 Å². The number of ketones is 1. The van der Waals surface area contributed by atoms with E-state index in [1.54, 1.807) is 6.07 Å². The maximum absolute atomic E-state index is 10.9. The van der Waals surface area contributed by atoms with Gasteiger partial charge in [-0.1, -0.05) is 23.8 Å². The van der Waals surface area contributed by atoms with E-state index in [0.717, 1.165) is 11.1 Å². The maximum atomic E-state index is 10.9. The van der Waals surface area contributed by atoms with Gasteiger partial charge >= 0.3 is 5.97 Å². The molecule has 0 fully saturated rings. The summed E-state index contributed by atoms with van der Waals surface area (Å²) in [6.45, 7) is 1.93. The van der Waals surface area contributed by atoms with Crippen molar-refractivity contribution in [1.82, 2.24) is 0 Å². The van der Waals surface area contributed by atoms with Crippen LogP contribution in [0.4, 0.5) is 0 Å². The summed E-state index contributed by atoms with van der Waals surface area (Å²) in [6.07, 6.45) is 1.22. The third-order valence-corrected chi connectivity index (χ3v) is 1.97. The molecule has 0 bridgehead atoms. The standard InChI is InChI=1S/C11H8O3/c1-7-3-2-4-8(5-7)10-6-9(12)11(13)14-10/h2-6H,1H3. The highest BCUT2D eigenvalue weighted by molar-refractivity contribution is 6.42. The summed E-state index contributed by atoms with van der Waals surface area (Å²) in [6, 6.07) is 7.44. The second-order valence-corrected chi connectivity index (χ2v) is 3.13. The van der Waals surface area contributed by atoms with Crippen molar-refractivity contribution >= 4 is 17.5 Å². The van der Waals surface area contributed by atoms with Crippen LogP contribution in [0.15, 0.2) is 30.3 Å². The van der Waals surface area contributed by atoms with Crippen LogP contribution in [0.3, 0.4) is 0 Å². The molecule has 0 unspecified atom stereocenters. The molecule has 3 nitrogen and oxygen atoms in total. The summed E-state index contributed by atoms with van der Waals surface area (Å²) in [7, 11) is 0. The van der Waals surface area contributed by atoms with Crippen molar-refractivity contribution in [3.63, 3.8) is 0 Å². The van der Waals surface area contributed by atoms with Gasteiger partial charge in [0, 0.05) is 11.6 Å². The number of esters is 1. The van der Waals surface area contributed by atoms with Crippen LogP contribution in [0.2, 0.25) is 0 Å². The highest BCUT2D eigenvalue weighted by Gasteiger charge is 2.24. The van der Waals surface area contributed by atoms with Gasteiger partial charge in [0.15, 0.2) is 0 Å². The van der Waals surface area contributed by atoms with Gasteiger partial charge in [-0.15, -0.1) is 0 Å². The number of benzene rings is 1. The molecule has 14 heavy (non-hydrogen) atoms. The highest BCUT2D eigenvalue weighted by atomic mass is 16.5. The predicted molar refractivity (Wildman–Crippen MR) is 50.3 cm³/mol. The molecule has 1 aromatic rings. The Bertz CT molecular complexity index is 444. The van der Waals surface area contributed by atoms with Crippen LogP contribution in [0.25, 0.3) is 5.76 Å². The van der Waals surface area contributed by atoms with Crippen molar-refractivity contribution in [3.8, 4) is 0 Å². The molecule has 0 spiro atoms. The Kier molecular flexibility index (Phi) is 1.93. The lowest BCUT2D eigenvalue weighted by molar-refractivity contribution is -0.144. The molecule has 0 saturated heterocycles. The minimum atomic E-state index is -0.804. The van der Waals surface area contributed by atoms with E-state index in [-0.39, 0.29) is 0 Å². The average molecular weight is 188 g/mol. The Morgan fingerprint density at radius 2 is 2.00 bits per heavy atom. The van der Waals surface area contributed by atoms with Crippen molar-refractivity contribution in [3.05, 3.63) is 41.5 Å². The maximum Gasteiger partial charge on any atom is 0.384 e. The minimum absolute atomic E-state index is 0.337. The first-order valence-electron chi connectivity index (χ1n) is 4.22. The quantitative estimate of drug-likeness (QED) is 0.495. The number of rotatable bonds is 1. The van der Waals surface area contributed by atoms with Crippen molar-refractivity contribution in [2.75, 3.05) is 0 Å². The zero-order valence-corrected chi connectivity index (χ0v) is 7.61. The molecule has 0 aliphatic carbocycles. The number of hydrogen-bond donors (Lipinski definition) is 0.